The van der Waals surface area contributed by atoms with Crippen LogP contribution in [-0.2, 0) is 14.3 Å². The lowest BCUT2D eigenvalue weighted by molar-refractivity contribution is -0.150. The lowest BCUT2D eigenvalue weighted by Crippen LogP contribution is -2.48. The zero-order chi connectivity index (χ0) is 13.0. The molecule has 0 aromatic rings. The van der Waals surface area contributed by atoms with Gasteiger partial charge in [-0.3, -0.25) is 9.59 Å². The van der Waals surface area contributed by atoms with Crippen molar-refractivity contribution in [2.24, 2.45) is 5.92 Å². The van der Waals surface area contributed by atoms with Crippen molar-refractivity contribution in [3.05, 3.63) is 12.2 Å². The Kier molecular flexibility index (Phi) is 4.36. The van der Waals surface area contributed by atoms with Crippen molar-refractivity contribution >= 4 is 11.9 Å². The molecule has 0 unspecified atom stereocenters. The minimum Gasteiger partial charge on any atom is -0.481 e. The van der Waals surface area contributed by atoms with Gasteiger partial charge in [0.1, 0.15) is 0 Å². The summed E-state index contributed by atoms with van der Waals surface area (Å²) in [5, 5.41) is 8.75. The monoisotopic (exact) mass is 253 g/mol. The smallest absolute Gasteiger partial charge is 0.306 e. The van der Waals surface area contributed by atoms with Gasteiger partial charge in [0.2, 0.25) is 5.91 Å². The summed E-state index contributed by atoms with van der Waals surface area (Å²) in [6.07, 6.45) is 6.43. The van der Waals surface area contributed by atoms with E-state index >= 15 is 0 Å². The van der Waals surface area contributed by atoms with Crippen molar-refractivity contribution in [2.75, 3.05) is 19.7 Å². The molecule has 1 heterocycles. The molecule has 5 nitrogen and oxygen atoms in total. The molecule has 1 fully saturated rings. The summed E-state index contributed by atoms with van der Waals surface area (Å²) >= 11 is 0. The summed E-state index contributed by atoms with van der Waals surface area (Å²) in [5.74, 6) is -0.661. The fraction of sp³-hybridized carbons (Fsp3) is 0.692. The number of amides is 1. The Morgan fingerprint density at radius 2 is 2.22 bits per heavy atom. The number of carboxylic acids is 1. The molecular weight excluding hydrogens is 234 g/mol. The van der Waals surface area contributed by atoms with Crippen molar-refractivity contribution in [2.45, 2.75) is 31.8 Å². The zero-order valence-corrected chi connectivity index (χ0v) is 10.4. The lowest BCUT2D eigenvalue weighted by Gasteiger charge is -2.34. The molecule has 2 aliphatic rings. The Balaban J connectivity index is 1.89. The van der Waals surface area contributed by atoms with E-state index < -0.39 is 5.97 Å². The molecule has 5 heteroatoms. The SMILES string of the molecule is O=C(O)C[C@H]1CN(C(=O)[C@H]2CC=CCC2)CCO1. The second kappa shape index (κ2) is 6.00. The molecule has 0 spiro atoms. The molecule has 0 saturated carbocycles. The highest BCUT2D eigenvalue weighted by Crippen LogP contribution is 2.22. The van der Waals surface area contributed by atoms with Gasteiger partial charge in [-0.15, -0.1) is 0 Å². The quantitative estimate of drug-likeness (QED) is 0.763. The van der Waals surface area contributed by atoms with E-state index in [1.165, 1.54) is 0 Å². The number of morpholine rings is 1. The number of allylic oxidation sites excluding steroid dienone is 2. The van der Waals surface area contributed by atoms with Crippen molar-refractivity contribution < 1.29 is 19.4 Å². The van der Waals surface area contributed by atoms with Crippen LogP contribution in [0.4, 0.5) is 0 Å². The largest absolute Gasteiger partial charge is 0.481 e. The van der Waals surface area contributed by atoms with E-state index in [1.807, 2.05) is 0 Å². The van der Waals surface area contributed by atoms with Gasteiger partial charge in [-0.1, -0.05) is 12.2 Å². The fourth-order valence-corrected chi connectivity index (χ4v) is 2.51. The van der Waals surface area contributed by atoms with Crippen molar-refractivity contribution in [3.8, 4) is 0 Å². The van der Waals surface area contributed by atoms with Crippen LogP contribution in [0, 0.1) is 5.92 Å². The van der Waals surface area contributed by atoms with Crippen molar-refractivity contribution in [3.63, 3.8) is 0 Å². The Hall–Kier alpha value is -1.36. The van der Waals surface area contributed by atoms with Crippen LogP contribution in [-0.4, -0.2) is 47.7 Å². The Morgan fingerprint density at radius 1 is 1.39 bits per heavy atom. The predicted octanol–water partition coefficient (Wildman–Crippen LogP) is 1.04. The molecule has 1 N–H and O–H groups in total. The molecule has 1 saturated heterocycles. The van der Waals surface area contributed by atoms with E-state index in [0.29, 0.717) is 19.7 Å². The third-order valence-corrected chi connectivity index (χ3v) is 3.47. The van der Waals surface area contributed by atoms with Gasteiger partial charge in [-0.2, -0.15) is 0 Å². The number of rotatable bonds is 3. The first-order valence-electron chi connectivity index (χ1n) is 6.44. The highest BCUT2D eigenvalue weighted by atomic mass is 16.5. The number of carbonyl (C=O) groups is 2. The highest BCUT2D eigenvalue weighted by molar-refractivity contribution is 5.79. The number of ether oxygens (including phenoxy) is 1. The van der Waals surface area contributed by atoms with Gasteiger partial charge in [0.05, 0.1) is 19.1 Å². The van der Waals surface area contributed by atoms with E-state index in [2.05, 4.69) is 12.2 Å². The maximum atomic E-state index is 12.3. The van der Waals surface area contributed by atoms with E-state index in [1.54, 1.807) is 4.90 Å². The van der Waals surface area contributed by atoms with Crippen molar-refractivity contribution in [1.29, 1.82) is 0 Å². The van der Waals surface area contributed by atoms with Gasteiger partial charge in [0.15, 0.2) is 0 Å². The number of nitrogens with zero attached hydrogens (tertiary/aromatic N) is 1. The molecule has 0 aromatic heterocycles. The van der Waals surface area contributed by atoms with Gasteiger partial charge in [0, 0.05) is 19.0 Å². The van der Waals surface area contributed by atoms with Crippen molar-refractivity contribution in [1.82, 2.24) is 4.90 Å². The summed E-state index contributed by atoms with van der Waals surface area (Å²) in [5.41, 5.74) is 0. The Morgan fingerprint density at radius 3 is 2.89 bits per heavy atom. The number of hydrogen-bond donors (Lipinski definition) is 1. The number of aliphatic carboxylic acids is 1. The topological polar surface area (TPSA) is 66.8 Å². The van der Waals surface area contributed by atoms with E-state index in [9.17, 15) is 9.59 Å². The minimum absolute atomic E-state index is 0.0334. The normalized spacial score (nSPS) is 28.1. The third kappa shape index (κ3) is 3.32. The van der Waals surface area contributed by atoms with Crippen LogP contribution in [0.5, 0.6) is 0 Å². The molecule has 2 atom stereocenters. The molecule has 100 valence electrons. The second-order valence-corrected chi connectivity index (χ2v) is 4.86. The highest BCUT2D eigenvalue weighted by Gasteiger charge is 2.30. The van der Waals surface area contributed by atoms with Crippen LogP contribution < -0.4 is 0 Å². The Labute approximate surface area is 106 Å². The Bertz CT molecular complexity index is 353. The molecule has 1 aliphatic heterocycles. The molecule has 2 rings (SSSR count). The van der Waals surface area contributed by atoms with E-state index in [0.717, 1.165) is 19.3 Å². The molecule has 1 aliphatic carbocycles. The average Bonchev–Trinajstić information content (AvgIpc) is 2.38. The summed E-state index contributed by atoms with van der Waals surface area (Å²) < 4.78 is 5.37. The summed E-state index contributed by atoms with van der Waals surface area (Å²) in [6.45, 7) is 1.42. The number of hydrogen-bond acceptors (Lipinski definition) is 3. The van der Waals surface area contributed by atoms with E-state index in [-0.39, 0.29) is 24.3 Å². The first kappa shape index (κ1) is 13.1. The molecule has 0 aromatic carbocycles. The second-order valence-electron chi connectivity index (χ2n) is 4.86. The van der Waals surface area contributed by atoms with Gasteiger partial charge >= 0.3 is 5.97 Å². The van der Waals surface area contributed by atoms with Crippen LogP contribution in [0.1, 0.15) is 25.7 Å². The van der Waals surface area contributed by atoms with E-state index in [4.69, 9.17) is 9.84 Å². The van der Waals surface area contributed by atoms with Crippen LogP contribution in [0.15, 0.2) is 12.2 Å². The fourth-order valence-electron chi connectivity index (χ4n) is 2.51. The predicted molar refractivity (Wildman–Crippen MR) is 65.1 cm³/mol. The molecule has 18 heavy (non-hydrogen) atoms. The van der Waals surface area contributed by atoms with Gasteiger partial charge in [0.25, 0.3) is 0 Å². The van der Waals surface area contributed by atoms with Crippen LogP contribution in [0.3, 0.4) is 0 Å². The maximum absolute atomic E-state index is 12.3. The summed E-state index contributed by atoms with van der Waals surface area (Å²) in [6, 6.07) is 0. The molecule has 0 radical (unpaired) electrons. The van der Waals surface area contributed by atoms with Crippen LogP contribution >= 0.6 is 0 Å². The zero-order valence-electron chi connectivity index (χ0n) is 10.4. The lowest BCUT2D eigenvalue weighted by atomic mass is 9.93. The third-order valence-electron chi connectivity index (χ3n) is 3.47. The van der Waals surface area contributed by atoms with Crippen LogP contribution in [0.2, 0.25) is 0 Å². The maximum Gasteiger partial charge on any atom is 0.306 e. The molecule has 0 bridgehead atoms. The first-order chi connectivity index (χ1) is 8.66. The number of carbonyl (C=O) groups excluding carboxylic acids is 1. The standard InChI is InChI=1S/C13H19NO4/c15-12(16)8-11-9-14(6-7-18-11)13(17)10-4-2-1-3-5-10/h1-2,10-11H,3-9H2,(H,15,16)/t10-,11-/m0/s1. The summed E-state index contributed by atoms with van der Waals surface area (Å²) in [4.78, 5) is 24.7. The van der Waals surface area contributed by atoms with Gasteiger partial charge in [-0.25, -0.2) is 0 Å². The number of carboxylic acid groups (broad SMARTS) is 1. The van der Waals surface area contributed by atoms with Crippen LogP contribution in [0.25, 0.3) is 0 Å². The summed E-state index contributed by atoms with van der Waals surface area (Å²) in [7, 11) is 0. The first-order valence-corrected chi connectivity index (χ1v) is 6.44. The molecule has 1 amide bonds. The molecular formula is C13H19NO4. The van der Waals surface area contributed by atoms with Gasteiger partial charge < -0.3 is 14.7 Å². The van der Waals surface area contributed by atoms with Gasteiger partial charge in [-0.05, 0) is 19.3 Å². The minimum atomic E-state index is -0.880. The average molecular weight is 253 g/mol.